The van der Waals surface area contributed by atoms with Gasteiger partial charge in [-0.2, -0.15) is 0 Å². The van der Waals surface area contributed by atoms with Crippen molar-refractivity contribution in [1.29, 1.82) is 0 Å². The number of nitrogens with zero attached hydrogens (tertiary/aromatic N) is 1. The van der Waals surface area contributed by atoms with Gasteiger partial charge in [-0.15, -0.1) is 0 Å². The molecule has 0 saturated heterocycles. The second-order valence-electron chi connectivity index (χ2n) is 7.46. The minimum absolute atomic E-state index is 0.0336. The topological polar surface area (TPSA) is 80.8 Å². The van der Waals surface area contributed by atoms with Crippen LogP contribution in [0.3, 0.4) is 0 Å². The number of aryl methyl sites for hydroxylation is 1. The molecule has 0 bridgehead atoms. The van der Waals surface area contributed by atoms with Crippen molar-refractivity contribution in [3.05, 3.63) is 100 Å². The summed E-state index contributed by atoms with van der Waals surface area (Å²) >= 11 is 0. The fourth-order valence-electron chi connectivity index (χ4n) is 3.43. The molecular weight excluding hydrogens is 413 g/mol. The molecule has 0 spiro atoms. The van der Waals surface area contributed by atoms with Gasteiger partial charge < -0.3 is 4.74 Å². The van der Waals surface area contributed by atoms with Gasteiger partial charge in [0.2, 0.25) is 5.78 Å². The van der Waals surface area contributed by atoms with Gasteiger partial charge in [0, 0.05) is 5.56 Å². The first-order valence-corrected chi connectivity index (χ1v) is 9.86. The molecule has 1 heterocycles. The lowest BCUT2D eigenvalue weighted by atomic mass is 10.0. The van der Waals surface area contributed by atoms with E-state index >= 15 is 0 Å². The number of rotatable bonds is 5. The van der Waals surface area contributed by atoms with Gasteiger partial charge in [0.05, 0.1) is 22.4 Å². The number of hydrogen-bond acceptors (Lipinski definition) is 5. The highest BCUT2D eigenvalue weighted by molar-refractivity contribution is 6.34. The maximum absolute atomic E-state index is 13.2. The SMILES string of the molecule is Cc1ccc(C(=O)[C@@H](C)OC(=O)c2ccc3c(c2)C(=O)N(c2ccc(F)cc2)C3=O)cc1. The number of benzene rings is 3. The molecule has 6 nitrogen and oxygen atoms in total. The van der Waals surface area contributed by atoms with Crippen molar-refractivity contribution in [2.45, 2.75) is 20.0 Å². The Morgan fingerprint density at radius 3 is 2.09 bits per heavy atom. The van der Waals surface area contributed by atoms with Gasteiger partial charge in [-0.25, -0.2) is 14.1 Å². The monoisotopic (exact) mass is 431 g/mol. The van der Waals surface area contributed by atoms with Gasteiger partial charge in [0.25, 0.3) is 11.8 Å². The van der Waals surface area contributed by atoms with Crippen LogP contribution >= 0.6 is 0 Å². The molecule has 0 fully saturated rings. The van der Waals surface area contributed by atoms with Crippen LogP contribution in [0.4, 0.5) is 10.1 Å². The summed E-state index contributed by atoms with van der Waals surface area (Å²) in [4.78, 5) is 51.5. The summed E-state index contributed by atoms with van der Waals surface area (Å²) in [5.41, 5.74) is 1.83. The first-order chi connectivity index (χ1) is 15.3. The summed E-state index contributed by atoms with van der Waals surface area (Å²) in [5, 5.41) is 0. The Hall–Kier alpha value is -4.13. The van der Waals surface area contributed by atoms with Crippen LogP contribution in [0.1, 0.15) is 53.9 Å². The standard InChI is InChI=1S/C25H18FNO5/c1-14-3-5-16(6-4-14)22(28)15(2)32-25(31)17-7-12-20-21(13-17)24(30)27(23(20)29)19-10-8-18(26)9-11-19/h3-13,15H,1-2H3/t15-/m1/s1. The summed E-state index contributed by atoms with van der Waals surface area (Å²) in [6.07, 6.45) is -1.04. The Balaban J connectivity index is 1.53. The van der Waals surface area contributed by atoms with Crippen LogP contribution in [0.15, 0.2) is 66.7 Å². The number of carbonyl (C=O) groups is 4. The van der Waals surface area contributed by atoms with Gasteiger partial charge in [-0.1, -0.05) is 29.8 Å². The summed E-state index contributed by atoms with van der Waals surface area (Å²) < 4.78 is 18.5. The second kappa shape index (κ2) is 8.19. The number of amides is 2. The maximum atomic E-state index is 13.2. The highest BCUT2D eigenvalue weighted by Crippen LogP contribution is 2.29. The van der Waals surface area contributed by atoms with E-state index < -0.39 is 29.7 Å². The van der Waals surface area contributed by atoms with Crippen LogP contribution < -0.4 is 4.90 Å². The van der Waals surface area contributed by atoms with Gasteiger partial charge in [-0.3, -0.25) is 14.4 Å². The summed E-state index contributed by atoms with van der Waals surface area (Å²) in [6, 6.07) is 15.8. The summed E-state index contributed by atoms with van der Waals surface area (Å²) in [5.74, 6) is -2.84. The third-order valence-corrected chi connectivity index (χ3v) is 5.20. The second-order valence-corrected chi connectivity index (χ2v) is 7.46. The van der Waals surface area contributed by atoms with Crippen LogP contribution in [-0.4, -0.2) is 29.7 Å². The van der Waals surface area contributed by atoms with Gasteiger partial charge in [0.15, 0.2) is 6.10 Å². The zero-order valence-electron chi connectivity index (χ0n) is 17.3. The zero-order chi connectivity index (χ0) is 23.0. The minimum Gasteiger partial charge on any atom is -0.451 e. The molecule has 1 atom stereocenters. The van der Waals surface area contributed by atoms with Crippen LogP contribution in [0.2, 0.25) is 0 Å². The normalized spacial score (nSPS) is 13.7. The van der Waals surface area contributed by atoms with E-state index in [0.29, 0.717) is 5.56 Å². The number of fused-ring (bicyclic) bond motifs is 1. The molecule has 3 aromatic carbocycles. The molecule has 0 aromatic heterocycles. The molecule has 1 aliphatic heterocycles. The molecule has 32 heavy (non-hydrogen) atoms. The molecule has 7 heteroatoms. The fourth-order valence-corrected chi connectivity index (χ4v) is 3.43. The van der Waals surface area contributed by atoms with Crippen molar-refractivity contribution in [2.75, 3.05) is 4.90 Å². The minimum atomic E-state index is -1.04. The van der Waals surface area contributed by atoms with E-state index in [-0.39, 0.29) is 28.2 Å². The van der Waals surface area contributed by atoms with E-state index in [1.54, 1.807) is 24.3 Å². The Morgan fingerprint density at radius 2 is 1.44 bits per heavy atom. The first kappa shape index (κ1) is 21.1. The first-order valence-electron chi connectivity index (χ1n) is 9.86. The predicted octanol–water partition coefficient (Wildman–Crippen LogP) is 4.36. The molecule has 4 rings (SSSR count). The van der Waals surface area contributed by atoms with E-state index in [2.05, 4.69) is 0 Å². The van der Waals surface area contributed by atoms with E-state index in [0.717, 1.165) is 22.6 Å². The van der Waals surface area contributed by atoms with Crippen LogP contribution in [0.25, 0.3) is 0 Å². The van der Waals surface area contributed by atoms with Gasteiger partial charge >= 0.3 is 5.97 Å². The molecule has 0 unspecified atom stereocenters. The number of ketones is 1. The van der Waals surface area contributed by atoms with Crippen LogP contribution in [0, 0.1) is 12.7 Å². The molecule has 0 aliphatic carbocycles. The molecule has 0 saturated carbocycles. The number of imide groups is 1. The number of hydrogen-bond donors (Lipinski definition) is 0. The number of carbonyl (C=O) groups excluding carboxylic acids is 4. The average Bonchev–Trinajstić information content (AvgIpc) is 3.04. The highest BCUT2D eigenvalue weighted by Gasteiger charge is 2.37. The Kier molecular flexibility index (Phi) is 5.40. The number of ether oxygens (including phenoxy) is 1. The van der Waals surface area contributed by atoms with E-state index in [1.165, 1.54) is 37.3 Å². The predicted molar refractivity (Wildman–Crippen MR) is 114 cm³/mol. The Bertz CT molecular complexity index is 1250. The van der Waals surface area contributed by atoms with Gasteiger partial charge in [0.1, 0.15) is 5.82 Å². The molecule has 0 radical (unpaired) electrons. The third-order valence-electron chi connectivity index (χ3n) is 5.20. The lowest BCUT2D eigenvalue weighted by molar-refractivity contribution is 0.0318. The van der Waals surface area contributed by atoms with Crippen molar-refractivity contribution < 1.29 is 28.3 Å². The Morgan fingerprint density at radius 1 is 0.844 bits per heavy atom. The smallest absolute Gasteiger partial charge is 0.338 e. The highest BCUT2D eigenvalue weighted by atomic mass is 19.1. The Labute approximate surface area is 183 Å². The van der Waals surface area contributed by atoms with E-state index in [1.807, 2.05) is 6.92 Å². The number of esters is 1. The number of Topliss-reactive ketones (excluding diaryl/α,β-unsaturated/α-hetero) is 1. The lowest BCUT2D eigenvalue weighted by Gasteiger charge is -2.13. The van der Waals surface area contributed by atoms with Crippen LogP contribution in [0.5, 0.6) is 0 Å². The third kappa shape index (κ3) is 3.80. The van der Waals surface area contributed by atoms with Crippen LogP contribution in [-0.2, 0) is 4.74 Å². The average molecular weight is 431 g/mol. The van der Waals surface area contributed by atoms with E-state index in [9.17, 15) is 23.6 Å². The molecular formula is C25H18FNO5. The quantitative estimate of drug-likeness (QED) is 0.341. The molecule has 0 N–H and O–H groups in total. The van der Waals surface area contributed by atoms with Crippen molar-refractivity contribution in [1.82, 2.24) is 0 Å². The fraction of sp³-hybridized carbons (Fsp3) is 0.120. The number of anilines is 1. The molecule has 3 aromatic rings. The zero-order valence-corrected chi connectivity index (χ0v) is 17.3. The molecule has 2 amide bonds. The van der Waals surface area contributed by atoms with Crippen molar-refractivity contribution >= 4 is 29.3 Å². The largest absolute Gasteiger partial charge is 0.451 e. The number of halogens is 1. The van der Waals surface area contributed by atoms with Crippen molar-refractivity contribution in [2.24, 2.45) is 0 Å². The van der Waals surface area contributed by atoms with E-state index in [4.69, 9.17) is 4.74 Å². The molecule has 1 aliphatic rings. The van der Waals surface area contributed by atoms with Crippen molar-refractivity contribution in [3.63, 3.8) is 0 Å². The maximum Gasteiger partial charge on any atom is 0.338 e. The summed E-state index contributed by atoms with van der Waals surface area (Å²) in [6.45, 7) is 3.37. The van der Waals surface area contributed by atoms with Crippen molar-refractivity contribution in [3.8, 4) is 0 Å². The molecule has 160 valence electrons. The lowest BCUT2D eigenvalue weighted by Crippen LogP contribution is -2.29. The summed E-state index contributed by atoms with van der Waals surface area (Å²) in [7, 11) is 0. The van der Waals surface area contributed by atoms with Gasteiger partial charge in [-0.05, 0) is 56.3 Å².